The van der Waals surface area contributed by atoms with Gasteiger partial charge in [-0.1, -0.05) is 17.3 Å². The zero-order valence-electron chi connectivity index (χ0n) is 10.7. The minimum absolute atomic E-state index is 0.000926. The molecule has 3 rings (SSSR count). The molecular weight excluding hydrogens is 278 g/mol. The van der Waals surface area contributed by atoms with E-state index in [-0.39, 0.29) is 22.8 Å². The predicted molar refractivity (Wildman–Crippen MR) is 72.8 cm³/mol. The largest absolute Gasteiger partial charge is 0.506 e. The molecule has 21 heavy (non-hydrogen) atoms. The first-order valence-electron chi connectivity index (χ1n) is 6.03. The van der Waals surface area contributed by atoms with Crippen LogP contribution in [0.25, 0.3) is 16.9 Å². The second-order valence-corrected chi connectivity index (χ2v) is 4.35. The van der Waals surface area contributed by atoms with Gasteiger partial charge in [0.15, 0.2) is 5.82 Å². The first kappa shape index (κ1) is 13.0. The van der Waals surface area contributed by atoms with Gasteiger partial charge in [-0.3, -0.25) is 0 Å². The van der Waals surface area contributed by atoms with Gasteiger partial charge in [-0.25, -0.2) is 8.78 Å². The van der Waals surface area contributed by atoms with Crippen molar-refractivity contribution < 1.29 is 13.9 Å². The van der Waals surface area contributed by atoms with Crippen LogP contribution in [-0.2, 0) is 0 Å². The van der Waals surface area contributed by atoms with Gasteiger partial charge in [-0.15, -0.1) is 5.10 Å². The zero-order chi connectivity index (χ0) is 15.0. The van der Waals surface area contributed by atoms with Gasteiger partial charge >= 0.3 is 0 Å². The van der Waals surface area contributed by atoms with Crippen LogP contribution >= 0.6 is 0 Å². The lowest BCUT2D eigenvalue weighted by Gasteiger charge is -2.06. The van der Waals surface area contributed by atoms with E-state index in [1.807, 2.05) is 0 Å². The first-order valence-corrected chi connectivity index (χ1v) is 6.03. The molecule has 0 aliphatic heterocycles. The van der Waals surface area contributed by atoms with E-state index in [9.17, 15) is 13.9 Å². The normalized spacial score (nSPS) is 10.8. The Morgan fingerprint density at radius 3 is 2.62 bits per heavy atom. The number of hydrogen-bond donors (Lipinski definition) is 2. The van der Waals surface area contributed by atoms with Crippen molar-refractivity contribution in [3.63, 3.8) is 0 Å². The molecule has 0 aliphatic rings. The van der Waals surface area contributed by atoms with Gasteiger partial charge < -0.3 is 10.8 Å². The Kier molecular flexibility index (Phi) is 3.02. The average molecular weight is 288 g/mol. The zero-order valence-corrected chi connectivity index (χ0v) is 10.7. The monoisotopic (exact) mass is 288 g/mol. The quantitative estimate of drug-likeness (QED) is 0.759. The van der Waals surface area contributed by atoms with Crippen molar-refractivity contribution >= 4 is 5.82 Å². The van der Waals surface area contributed by atoms with Crippen LogP contribution in [0.2, 0.25) is 0 Å². The summed E-state index contributed by atoms with van der Waals surface area (Å²) in [6.45, 7) is 0. The number of aromatic hydroxyl groups is 1. The van der Waals surface area contributed by atoms with Crippen LogP contribution in [0.15, 0.2) is 42.5 Å². The number of hydrogen-bond acceptors (Lipinski definition) is 4. The molecule has 2 aromatic carbocycles. The Bertz CT molecular complexity index is 816. The SMILES string of the molecule is Nc1c(-c2cc(F)ccc2F)nnn1-c1ccccc1O. The number of nitrogens with zero attached hydrogens (tertiary/aromatic N) is 3. The molecule has 0 unspecified atom stereocenters. The number of rotatable bonds is 2. The Morgan fingerprint density at radius 2 is 1.86 bits per heavy atom. The molecule has 3 aromatic rings. The molecule has 0 radical (unpaired) electrons. The Balaban J connectivity index is 2.16. The average Bonchev–Trinajstić information content (AvgIpc) is 2.84. The Hall–Kier alpha value is -2.96. The maximum absolute atomic E-state index is 13.8. The van der Waals surface area contributed by atoms with Crippen LogP contribution < -0.4 is 5.73 Å². The highest BCUT2D eigenvalue weighted by atomic mass is 19.1. The third-order valence-electron chi connectivity index (χ3n) is 3.00. The summed E-state index contributed by atoms with van der Waals surface area (Å²) in [5.41, 5.74) is 6.11. The van der Waals surface area contributed by atoms with Crippen molar-refractivity contribution in [3.05, 3.63) is 54.1 Å². The van der Waals surface area contributed by atoms with Gasteiger partial charge in [0, 0.05) is 5.56 Å². The standard InChI is InChI=1S/C14H10F2N4O/c15-8-5-6-10(16)9(7-8)13-14(17)20(19-18-13)11-3-1-2-4-12(11)21/h1-7,21H,17H2. The number of anilines is 1. The lowest BCUT2D eigenvalue weighted by atomic mass is 10.1. The minimum Gasteiger partial charge on any atom is -0.506 e. The molecule has 106 valence electrons. The molecular formula is C14H10F2N4O. The number of nitrogen functional groups attached to an aromatic ring is 1. The van der Waals surface area contributed by atoms with Crippen LogP contribution in [0, 0.1) is 11.6 Å². The highest BCUT2D eigenvalue weighted by molar-refractivity contribution is 5.72. The molecule has 3 N–H and O–H groups in total. The number of phenols is 1. The number of phenolic OH excluding ortho intramolecular Hbond substituents is 1. The Labute approximate surface area is 118 Å². The molecule has 0 aliphatic carbocycles. The van der Waals surface area contributed by atoms with Gasteiger partial charge in [-0.2, -0.15) is 4.68 Å². The van der Waals surface area contributed by atoms with Crippen molar-refractivity contribution in [2.75, 3.05) is 5.73 Å². The van der Waals surface area contributed by atoms with Crippen LogP contribution in [0.5, 0.6) is 5.75 Å². The molecule has 0 saturated carbocycles. The van der Waals surface area contributed by atoms with Gasteiger partial charge in [0.05, 0.1) is 0 Å². The second kappa shape index (κ2) is 4.86. The number of halogens is 2. The summed E-state index contributed by atoms with van der Waals surface area (Å²) in [7, 11) is 0. The fraction of sp³-hybridized carbons (Fsp3) is 0. The van der Waals surface area contributed by atoms with E-state index in [0.29, 0.717) is 5.69 Å². The van der Waals surface area contributed by atoms with Crippen molar-refractivity contribution in [1.82, 2.24) is 15.0 Å². The summed E-state index contributed by atoms with van der Waals surface area (Å²) >= 11 is 0. The van der Waals surface area contributed by atoms with E-state index in [1.54, 1.807) is 18.2 Å². The fourth-order valence-corrected chi connectivity index (χ4v) is 1.98. The summed E-state index contributed by atoms with van der Waals surface area (Å²) in [5.74, 6) is -1.32. The molecule has 1 heterocycles. The lowest BCUT2D eigenvalue weighted by Crippen LogP contribution is -2.02. The summed E-state index contributed by atoms with van der Waals surface area (Å²) in [6, 6.07) is 9.33. The van der Waals surface area contributed by atoms with E-state index in [0.717, 1.165) is 22.9 Å². The summed E-state index contributed by atoms with van der Waals surface area (Å²) in [4.78, 5) is 0. The molecule has 0 fully saturated rings. The van der Waals surface area contributed by atoms with Crippen LogP contribution in [0.1, 0.15) is 0 Å². The van der Waals surface area contributed by atoms with E-state index in [4.69, 9.17) is 5.73 Å². The van der Waals surface area contributed by atoms with Gasteiger partial charge in [0.25, 0.3) is 0 Å². The maximum atomic E-state index is 13.8. The van der Waals surface area contributed by atoms with E-state index in [2.05, 4.69) is 10.3 Å². The third kappa shape index (κ3) is 2.18. The van der Waals surface area contributed by atoms with Gasteiger partial charge in [-0.05, 0) is 30.3 Å². The highest BCUT2D eigenvalue weighted by Crippen LogP contribution is 2.30. The Morgan fingerprint density at radius 1 is 1.10 bits per heavy atom. The third-order valence-corrected chi connectivity index (χ3v) is 3.00. The molecule has 5 nitrogen and oxygen atoms in total. The summed E-state index contributed by atoms with van der Waals surface area (Å²) in [5, 5.41) is 17.4. The van der Waals surface area contributed by atoms with E-state index in [1.165, 1.54) is 6.07 Å². The molecule has 7 heteroatoms. The molecule has 1 aromatic heterocycles. The topological polar surface area (TPSA) is 77.0 Å². The smallest absolute Gasteiger partial charge is 0.156 e. The number of benzene rings is 2. The maximum Gasteiger partial charge on any atom is 0.156 e. The first-order chi connectivity index (χ1) is 10.1. The molecule has 0 bridgehead atoms. The molecule has 0 amide bonds. The number of nitrogens with two attached hydrogens (primary N) is 1. The summed E-state index contributed by atoms with van der Waals surface area (Å²) < 4.78 is 28.2. The van der Waals surface area contributed by atoms with Crippen LogP contribution in [0.4, 0.5) is 14.6 Å². The van der Waals surface area contributed by atoms with Crippen molar-refractivity contribution in [2.24, 2.45) is 0 Å². The molecule has 0 spiro atoms. The van der Waals surface area contributed by atoms with Crippen LogP contribution in [-0.4, -0.2) is 20.1 Å². The highest BCUT2D eigenvalue weighted by Gasteiger charge is 2.18. The molecule has 0 saturated heterocycles. The predicted octanol–water partition coefficient (Wildman–Crippen LogP) is 2.50. The number of para-hydroxylation sites is 2. The van der Waals surface area contributed by atoms with Crippen molar-refractivity contribution in [2.45, 2.75) is 0 Å². The fourth-order valence-electron chi connectivity index (χ4n) is 1.98. The van der Waals surface area contributed by atoms with Crippen molar-refractivity contribution in [1.29, 1.82) is 0 Å². The minimum atomic E-state index is -0.660. The van der Waals surface area contributed by atoms with Crippen molar-refractivity contribution in [3.8, 4) is 22.7 Å². The molecule has 0 atom stereocenters. The van der Waals surface area contributed by atoms with E-state index < -0.39 is 11.6 Å². The number of aromatic nitrogens is 3. The second-order valence-electron chi connectivity index (χ2n) is 4.35. The van der Waals surface area contributed by atoms with E-state index >= 15 is 0 Å². The van der Waals surface area contributed by atoms with Crippen LogP contribution in [0.3, 0.4) is 0 Å². The van der Waals surface area contributed by atoms with Gasteiger partial charge in [0.1, 0.15) is 28.8 Å². The van der Waals surface area contributed by atoms with Gasteiger partial charge in [0.2, 0.25) is 0 Å². The lowest BCUT2D eigenvalue weighted by molar-refractivity contribution is 0.470. The summed E-state index contributed by atoms with van der Waals surface area (Å²) in [6.07, 6.45) is 0.